The molecule has 0 saturated carbocycles. The summed E-state index contributed by atoms with van der Waals surface area (Å²) in [5.41, 5.74) is 55.7. The normalized spacial score (nSPS) is 13.4. The second kappa shape index (κ2) is 40.2. The van der Waals surface area contributed by atoms with Crippen molar-refractivity contribution >= 4 is 0 Å². The number of fused-ring (bicyclic) bond motifs is 36. The van der Waals surface area contributed by atoms with Gasteiger partial charge >= 0.3 is 0 Å². The molecular formula is C128H136. The molecule has 0 amide bonds. The molecule has 0 unspecified atom stereocenters. The highest BCUT2D eigenvalue weighted by Crippen LogP contribution is 2.65. The van der Waals surface area contributed by atoms with Crippen LogP contribution in [-0.2, 0) is 47.3 Å². The Balaban J connectivity index is 0.000000138. The van der Waals surface area contributed by atoms with Crippen molar-refractivity contribution in [3.63, 3.8) is 0 Å². The van der Waals surface area contributed by atoms with Gasteiger partial charge in [-0.1, -0.05) is 484 Å². The third kappa shape index (κ3) is 15.0. The van der Waals surface area contributed by atoms with Crippen LogP contribution in [0.25, 0.3) is 44.5 Å². The summed E-state index contributed by atoms with van der Waals surface area (Å²) in [6, 6.07) is 128. The van der Waals surface area contributed by atoms with Gasteiger partial charge in [0.15, 0.2) is 0 Å². The molecule has 0 nitrogen and oxygen atoms in total. The lowest BCUT2D eigenvalue weighted by Crippen LogP contribution is -2.35. The first-order valence-corrected chi connectivity index (χ1v) is 48.4. The Hall–Kier alpha value is -12.5. The molecule has 0 heteroatoms. The van der Waals surface area contributed by atoms with Crippen LogP contribution in [0.5, 0.6) is 0 Å². The van der Waals surface area contributed by atoms with Crippen molar-refractivity contribution in [2.45, 2.75) is 214 Å². The first kappa shape index (κ1) is 93.2. The van der Waals surface area contributed by atoms with Gasteiger partial charge in [-0.05, 0) is 270 Å². The lowest BCUT2D eigenvalue weighted by Gasteiger charge is -2.41. The molecule has 0 atom stereocenters. The molecule has 4 spiro atoms. The van der Waals surface area contributed by atoms with Gasteiger partial charge in [-0.2, -0.15) is 0 Å². The van der Waals surface area contributed by atoms with Crippen LogP contribution in [0, 0.1) is 55.4 Å². The molecule has 0 N–H and O–H groups in total. The van der Waals surface area contributed by atoms with E-state index in [1.165, 1.54) is 223 Å². The van der Waals surface area contributed by atoms with Crippen molar-refractivity contribution < 1.29 is 0 Å². The van der Waals surface area contributed by atoms with Crippen molar-refractivity contribution in [1.29, 1.82) is 0 Å². The Labute approximate surface area is 770 Å². The van der Waals surface area contributed by atoms with Gasteiger partial charge in [-0.3, -0.25) is 0 Å². The van der Waals surface area contributed by atoms with E-state index in [1.807, 2.05) is 111 Å². The summed E-state index contributed by atoms with van der Waals surface area (Å²) in [5, 5.41) is 0. The number of hydrogen-bond acceptors (Lipinski definition) is 0. The maximum atomic E-state index is 2.43. The lowest BCUT2D eigenvalue weighted by atomic mass is 9.60. The highest BCUT2D eigenvalue weighted by atomic mass is 14.6. The molecule has 128 heavy (non-hydrogen) atoms. The molecular weight excluding hydrogens is 1540 g/mol. The van der Waals surface area contributed by atoms with Gasteiger partial charge in [0.1, 0.15) is 0 Å². The monoisotopic (exact) mass is 1670 g/mol. The van der Waals surface area contributed by atoms with E-state index in [-0.39, 0.29) is 21.7 Å². The molecule has 0 radical (unpaired) electrons. The standard InChI is InChI=1S/4C28H22.8C2H6/c1-18-9-7-15-26-22(18)17-23-19(2)10-8-16-27(23)28(26)24-13-5-3-11-20(24)21-12-4-6-14-25(21)28;1-18-11-13-24-20(15-18)17-21-16-19(2)12-14-25(21)28(24)26-9-5-3-7-22(26)23-8-4-6-10-27(23)28;2*1-18-11-13-20-17-21-14-12-19(2)16-27(21)28(26(20)15-18)24-9-5-3-7-22(24)23-8-4-6-10-25(23)28;8*1-2/h4*3-16H,17H2,1-2H3;8*1-2H3. The Kier molecular flexibility index (Phi) is 29.3. The van der Waals surface area contributed by atoms with E-state index in [0.29, 0.717) is 0 Å². The second-order valence-corrected chi connectivity index (χ2v) is 33.2. The molecule has 0 aromatic heterocycles. The van der Waals surface area contributed by atoms with Crippen LogP contribution in [0.4, 0.5) is 0 Å². The van der Waals surface area contributed by atoms with Gasteiger partial charge < -0.3 is 0 Å². The maximum Gasteiger partial charge on any atom is 0.0719 e. The smallest absolute Gasteiger partial charge is 0.0683 e. The zero-order valence-corrected chi connectivity index (χ0v) is 81.2. The Morgan fingerprint density at radius 3 is 0.555 bits per heavy atom. The van der Waals surface area contributed by atoms with E-state index in [2.05, 4.69) is 395 Å². The number of benzene rings is 16. The van der Waals surface area contributed by atoms with Gasteiger partial charge in [0.2, 0.25) is 0 Å². The van der Waals surface area contributed by atoms with Crippen molar-refractivity contribution in [2.24, 2.45) is 0 Å². The molecule has 8 aliphatic rings. The SMILES string of the molecule is CC.CC.CC.CC.CC.CC.CC.CC.Cc1ccc2c(c1)C1(c3cc(C)ccc3C2)c2ccccc2-c2ccccc21.Cc1ccc2c(c1)C1(c3cc(C)ccc3C2)c2ccccc2-c2ccccc21.Cc1ccc2c(c1)Cc1cc(C)ccc1C21c2ccccc2-c2ccccc21.Cc1cccc2c1Cc1c(C)cccc1C21c2ccccc2-c2ccccc21. The second-order valence-electron chi connectivity index (χ2n) is 33.2. The molecule has 8 aliphatic carbocycles. The largest absolute Gasteiger partial charge is 0.0719 e. The minimum Gasteiger partial charge on any atom is -0.0683 e. The van der Waals surface area contributed by atoms with E-state index >= 15 is 0 Å². The summed E-state index contributed by atoms with van der Waals surface area (Å²) < 4.78 is 0. The topological polar surface area (TPSA) is 0 Å². The van der Waals surface area contributed by atoms with Crippen molar-refractivity contribution in [2.75, 3.05) is 0 Å². The van der Waals surface area contributed by atoms with Crippen molar-refractivity contribution in [3.8, 4) is 44.5 Å². The quantitative estimate of drug-likeness (QED) is 0.142. The summed E-state index contributed by atoms with van der Waals surface area (Å²) >= 11 is 0. The van der Waals surface area contributed by atoms with Crippen LogP contribution in [-0.4, -0.2) is 0 Å². The fraction of sp³-hybridized carbons (Fsp3) is 0.250. The van der Waals surface area contributed by atoms with E-state index < -0.39 is 0 Å². The molecule has 16 aromatic carbocycles. The van der Waals surface area contributed by atoms with Gasteiger partial charge in [0, 0.05) is 0 Å². The maximum absolute atomic E-state index is 2.43. The average Bonchev–Trinajstić information content (AvgIpc) is 1.65. The summed E-state index contributed by atoms with van der Waals surface area (Å²) in [6.07, 6.45) is 4.06. The van der Waals surface area contributed by atoms with Gasteiger partial charge in [-0.25, -0.2) is 0 Å². The third-order valence-electron chi connectivity index (χ3n) is 26.9. The summed E-state index contributed by atoms with van der Waals surface area (Å²) in [7, 11) is 0. The van der Waals surface area contributed by atoms with E-state index in [9.17, 15) is 0 Å². The molecule has 0 heterocycles. The van der Waals surface area contributed by atoms with Crippen molar-refractivity contribution in [3.05, 3.63) is 518 Å². The molecule has 24 rings (SSSR count). The van der Waals surface area contributed by atoms with Gasteiger partial charge in [0.25, 0.3) is 0 Å². The van der Waals surface area contributed by atoms with Crippen LogP contribution >= 0.6 is 0 Å². The summed E-state index contributed by atoms with van der Waals surface area (Å²) in [6.45, 7) is 49.8. The highest BCUT2D eigenvalue weighted by Gasteiger charge is 2.54. The Bertz CT molecular complexity index is 5900. The Morgan fingerprint density at radius 2 is 0.320 bits per heavy atom. The fourth-order valence-corrected chi connectivity index (χ4v) is 22.5. The van der Waals surface area contributed by atoms with Gasteiger partial charge in [0.05, 0.1) is 21.7 Å². The summed E-state index contributed by atoms with van der Waals surface area (Å²) in [4.78, 5) is 0. The van der Waals surface area contributed by atoms with Crippen LogP contribution in [0.2, 0.25) is 0 Å². The van der Waals surface area contributed by atoms with Crippen LogP contribution in [0.1, 0.15) is 289 Å². The first-order valence-electron chi connectivity index (χ1n) is 48.4. The lowest BCUT2D eigenvalue weighted by molar-refractivity contribution is 0.716. The molecule has 0 saturated heterocycles. The summed E-state index contributed by atoms with van der Waals surface area (Å²) in [5.74, 6) is 0. The minimum absolute atomic E-state index is 0.211. The minimum atomic E-state index is -0.214. The molecule has 648 valence electrons. The van der Waals surface area contributed by atoms with Gasteiger partial charge in [-0.15, -0.1) is 0 Å². The van der Waals surface area contributed by atoms with E-state index in [4.69, 9.17) is 0 Å². The van der Waals surface area contributed by atoms with E-state index in [1.54, 1.807) is 0 Å². The number of hydrogen-bond donors (Lipinski definition) is 0. The fourth-order valence-electron chi connectivity index (χ4n) is 22.5. The zero-order chi connectivity index (χ0) is 91.5. The van der Waals surface area contributed by atoms with Crippen LogP contribution in [0.3, 0.4) is 0 Å². The molecule has 0 aliphatic heterocycles. The first-order chi connectivity index (χ1) is 62.8. The molecule has 0 bridgehead atoms. The number of rotatable bonds is 0. The third-order valence-corrected chi connectivity index (χ3v) is 26.9. The average molecular weight is 1670 g/mol. The highest BCUT2D eigenvalue weighted by molar-refractivity contribution is 5.93. The van der Waals surface area contributed by atoms with Crippen LogP contribution in [0.15, 0.2) is 340 Å². The zero-order valence-electron chi connectivity index (χ0n) is 81.2. The number of aryl methyl sites for hydroxylation is 8. The Morgan fingerprint density at radius 1 is 0.141 bits per heavy atom. The van der Waals surface area contributed by atoms with Crippen LogP contribution < -0.4 is 0 Å². The predicted octanol–water partition coefficient (Wildman–Crippen LogP) is 34.5. The molecule has 0 fully saturated rings. The predicted molar refractivity (Wildman–Crippen MR) is 555 cm³/mol. The molecule has 16 aromatic rings. The van der Waals surface area contributed by atoms with Crippen molar-refractivity contribution in [1.82, 2.24) is 0 Å². The van der Waals surface area contributed by atoms with E-state index in [0.717, 1.165) is 25.7 Å².